The SMILES string of the molecule is CCOC(=O)Cc1ccc(NC(=O)Nc2nccs2)cc1C(=O)C1CCCC1. The number of nitrogens with zero attached hydrogens (tertiary/aromatic N) is 1. The first-order chi connectivity index (χ1) is 13.6. The third-order valence-corrected chi connectivity index (χ3v) is 5.34. The van der Waals surface area contributed by atoms with Gasteiger partial charge in [-0.15, -0.1) is 11.3 Å². The third kappa shape index (κ3) is 5.16. The van der Waals surface area contributed by atoms with Gasteiger partial charge in [0.05, 0.1) is 13.0 Å². The molecule has 1 aromatic carbocycles. The number of carbonyl (C=O) groups excluding carboxylic acids is 3. The van der Waals surface area contributed by atoms with Crippen LogP contribution in [0.25, 0.3) is 0 Å². The van der Waals surface area contributed by atoms with Gasteiger partial charge in [0.2, 0.25) is 0 Å². The first-order valence-corrected chi connectivity index (χ1v) is 10.2. The molecule has 0 saturated heterocycles. The van der Waals surface area contributed by atoms with E-state index in [-0.39, 0.29) is 24.1 Å². The summed E-state index contributed by atoms with van der Waals surface area (Å²) in [6.45, 7) is 2.04. The lowest BCUT2D eigenvalue weighted by molar-refractivity contribution is -0.142. The smallest absolute Gasteiger partial charge is 0.325 e. The van der Waals surface area contributed by atoms with E-state index >= 15 is 0 Å². The molecule has 0 spiro atoms. The second-order valence-corrected chi connectivity index (χ2v) is 7.51. The van der Waals surface area contributed by atoms with Crippen LogP contribution < -0.4 is 10.6 Å². The summed E-state index contributed by atoms with van der Waals surface area (Å²) in [5.74, 6) is -0.369. The van der Waals surface area contributed by atoms with Gasteiger partial charge in [-0.3, -0.25) is 14.9 Å². The number of carbonyl (C=O) groups is 3. The first kappa shape index (κ1) is 20.0. The Morgan fingerprint density at radius 3 is 2.68 bits per heavy atom. The van der Waals surface area contributed by atoms with E-state index in [4.69, 9.17) is 4.74 Å². The Kier molecular flexibility index (Phi) is 6.76. The van der Waals surface area contributed by atoms with Crippen molar-refractivity contribution in [2.45, 2.75) is 39.0 Å². The molecule has 1 fully saturated rings. The molecule has 2 N–H and O–H groups in total. The van der Waals surface area contributed by atoms with Gasteiger partial charge in [0.15, 0.2) is 10.9 Å². The summed E-state index contributed by atoms with van der Waals surface area (Å²) in [7, 11) is 0. The van der Waals surface area contributed by atoms with E-state index in [1.807, 2.05) is 0 Å². The van der Waals surface area contributed by atoms with Gasteiger partial charge < -0.3 is 10.1 Å². The molecule has 2 amide bonds. The Morgan fingerprint density at radius 2 is 2.00 bits per heavy atom. The molecule has 1 saturated carbocycles. The molecule has 2 aromatic rings. The number of esters is 1. The highest BCUT2D eigenvalue weighted by molar-refractivity contribution is 7.13. The van der Waals surface area contributed by atoms with Crippen molar-refractivity contribution in [3.05, 3.63) is 40.9 Å². The van der Waals surface area contributed by atoms with Crippen LogP contribution in [-0.2, 0) is 16.0 Å². The predicted molar refractivity (Wildman–Crippen MR) is 108 cm³/mol. The van der Waals surface area contributed by atoms with Gasteiger partial charge in [0, 0.05) is 28.7 Å². The number of hydrogen-bond donors (Lipinski definition) is 2. The van der Waals surface area contributed by atoms with Crippen LogP contribution in [-0.4, -0.2) is 29.4 Å². The monoisotopic (exact) mass is 401 g/mol. The van der Waals surface area contributed by atoms with E-state index in [9.17, 15) is 14.4 Å². The molecule has 148 valence electrons. The lowest BCUT2D eigenvalue weighted by Crippen LogP contribution is -2.21. The zero-order valence-corrected chi connectivity index (χ0v) is 16.5. The van der Waals surface area contributed by atoms with Crippen molar-refractivity contribution in [1.82, 2.24) is 4.98 Å². The van der Waals surface area contributed by atoms with Gasteiger partial charge in [0.25, 0.3) is 0 Å². The summed E-state index contributed by atoms with van der Waals surface area (Å²) in [5.41, 5.74) is 1.59. The second kappa shape index (κ2) is 9.45. The van der Waals surface area contributed by atoms with E-state index in [0.717, 1.165) is 25.7 Å². The maximum absolute atomic E-state index is 13.0. The van der Waals surface area contributed by atoms with E-state index in [1.54, 1.807) is 36.7 Å². The van der Waals surface area contributed by atoms with Crippen LogP contribution in [0.2, 0.25) is 0 Å². The fourth-order valence-corrected chi connectivity index (χ4v) is 3.88. The number of hydrogen-bond acceptors (Lipinski definition) is 6. The zero-order chi connectivity index (χ0) is 19.9. The number of urea groups is 1. The fourth-order valence-electron chi connectivity index (χ4n) is 3.36. The highest BCUT2D eigenvalue weighted by atomic mass is 32.1. The molecule has 28 heavy (non-hydrogen) atoms. The van der Waals surface area contributed by atoms with Crippen LogP contribution in [0.5, 0.6) is 0 Å². The average Bonchev–Trinajstić information content (AvgIpc) is 3.36. The van der Waals surface area contributed by atoms with Crippen molar-refractivity contribution in [2.24, 2.45) is 5.92 Å². The van der Waals surface area contributed by atoms with Gasteiger partial charge in [-0.2, -0.15) is 0 Å². The Balaban J connectivity index is 1.79. The van der Waals surface area contributed by atoms with Gasteiger partial charge in [-0.25, -0.2) is 9.78 Å². The van der Waals surface area contributed by atoms with Crippen molar-refractivity contribution in [3.8, 4) is 0 Å². The maximum Gasteiger partial charge on any atom is 0.325 e. The molecule has 0 bridgehead atoms. The summed E-state index contributed by atoms with van der Waals surface area (Å²) in [5, 5.41) is 7.60. The highest BCUT2D eigenvalue weighted by Crippen LogP contribution is 2.30. The number of benzene rings is 1. The van der Waals surface area contributed by atoms with Crippen LogP contribution in [0.15, 0.2) is 29.8 Å². The third-order valence-electron chi connectivity index (χ3n) is 4.65. The van der Waals surface area contributed by atoms with Crippen molar-refractivity contribution < 1.29 is 19.1 Å². The number of thiazole rings is 1. The minimum atomic E-state index is -0.438. The molecule has 8 heteroatoms. The molecule has 7 nitrogen and oxygen atoms in total. The molecular formula is C20H23N3O4S. The first-order valence-electron chi connectivity index (χ1n) is 9.37. The lowest BCUT2D eigenvalue weighted by atomic mass is 9.91. The average molecular weight is 401 g/mol. The van der Waals surface area contributed by atoms with Crippen LogP contribution in [0.4, 0.5) is 15.6 Å². The van der Waals surface area contributed by atoms with Gasteiger partial charge >= 0.3 is 12.0 Å². The topological polar surface area (TPSA) is 97.4 Å². The Bertz CT molecular complexity index is 845. The van der Waals surface area contributed by atoms with Gasteiger partial charge in [-0.1, -0.05) is 18.9 Å². The Morgan fingerprint density at radius 1 is 1.21 bits per heavy atom. The van der Waals surface area contributed by atoms with E-state index < -0.39 is 6.03 Å². The summed E-state index contributed by atoms with van der Waals surface area (Å²) in [4.78, 5) is 41.1. The van der Waals surface area contributed by atoms with Crippen molar-refractivity contribution in [1.29, 1.82) is 0 Å². The van der Waals surface area contributed by atoms with Gasteiger partial charge in [0.1, 0.15) is 0 Å². The number of ketones is 1. The summed E-state index contributed by atoms with van der Waals surface area (Å²) in [6, 6.07) is 4.60. The molecule has 1 aromatic heterocycles. The molecule has 0 aliphatic heterocycles. The van der Waals surface area contributed by atoms with Crippen LogP contribution in [0, 0.1) is 5.92 Å². The molecule has 0 atom stereocenters. The second-order valence-electron chi connectivity index (χ2n) is 6.62. The highest BCUT2D eigenvalue weighted by Gasteiger charge is 2.26. The minimum Gasteiger partial charge on any atom is -0.466 e. The molecule has 3 rings (SSSR count). The lowest BCUT2D eigenvalue weighted by Gasteiger charge is -2.15. The van der Waals surface area contributed by atoms with E-state index in [0.29, 0.717) is 28.6 Å². The van der Waals surface area contributed by atoms with Crippen LogP contribution in [0.1, 0.15) is 48.5 Å². The number of nitrogens with one attached hydrogen (secondary N) is 2. The summed E-state index contributed by atoms with van der Waals surface area (Å²) >= 11 is 1.31. The molecule has 1 aliphatic carbocycles. The predicted octanol–water partition coefficient (Wildman–Crippen LogP) is 4.27. The minimum absolute atomic E-state index is 0.0275. The Hall–Kier alpha value is -2.74. The van der Waals surface area contributed by atoms with Crippen molar-refractivity contribution in [3.63, 3.8) is 0 Å². The quantitative estimate of drug-likeness (QED) is 0.533. The van der Waals surface area contributed by atoms with E-state index in [1.165, 1.54) is 11.3 Å². The van der Waals surface area contributed by atoms with E-state index in [2.05, 4.69) is 15.6 Å². The number of rotatable bonds is 7. The largest absolute Gasteiger partial charge is 0.466 e. The molecular weight excluding hydrogens is 378 g/mol. The summed E-state index contributed by atoms with van der Waals surface area (Å²) < 4.78 is 5.02. The van der Waals surface area contributed by atoms with Crippen LogP contribution >= 0.6 is 11.3 Å². The fraction of sp³-hybridized carbons (Fsp3) is 0.400. The summed E-state index contributed by atoms with van der Waals surface area (Å²) in [6.07, 6.45) is 5.44. The molecule has 0 unspecified atom stereocenters. The standard InChI is InChI=1S/C20H23N3O4S/c1-2-27-17(24)11-14-7-8-15(22-19(26)23-20-21-9-10-28-20)12-16(14)18(25)13-5-3-4-6-13/h7-10,12-13H,2-6,11H2,1H3,(H2,21,22,23,26). The molecule has 1 heterocycles. The zero-order valence-electron chi connectivity index (χ0n) is 15.7. The number of ether oxygens (including phenoxy) is 1. The number of amides is 2. The van der Waals surface area contributed by atoms with Gasteiger partial charge in [-0.05, 0) is 37.5 Å². The number of Topliss-reactive ketones (excluding diaryl/α,β-unsaturated/α-hetero) is 1. The van der Waals surface area contributed by atoms with Crippen molar-refractivity contribution in [2.75, 3.05) is 17.2 Å². The van der Waals surface area contributed by atoms with Crippen molar-refractivity contribution >= 4 is 39.9 Å². The number of anilines is 2. The molecule has 0 radical (unpaired) electrons. The molecule has 1 aliphatic rings. The van der Waals surface area contributed by atoms with Crippen LogP contribution in [0.3, 0.4) is 0 Å². The maximum atomic E-state index is 13.0. The number of aromatic nitrogens is 1. The Labute approximate surface area is 167 Å². The normalized spacial score (nSPS) is 13.9.